The second-order valence-electron chi connectivity index (χ2n) is 7.17. The highest BCUT2D eigenvalue weighted by Crippen LogP contribution is 2.38. The van der Waals surface area contributed by atoms with Crippen LogP contribution in [0.15, 0.2) is 40.9 Å². The number of aryl methyl sites for hydroxylation is 2. The fourth-order valence-corrected chi connectivity index (χ4v) is 3.65. The van der Waals surface area contributed by atoms with Gasteiger partial charge in [-0.2, -0.15) is 0 Å². The van der Waals surface area contributed by atoms with E-state index in [2.05, 4.69) is 21.4 Å². The summed E-state index contributed by atoms with van der Waals surface area (Å²) in [5.41, 5.74) is 2.44. The molecule has 1 aliphatic carbocycles. The summed E-state index contributed by atoms with van der Waals surface area (Å²) in [5.74, 6) is 0.700. The molecule has 2 N–H and O–H groups in total. The Kier molecular flexibility index (Phi) is 4.66. The van der Waals surface area contributed by atoms with E-state index in [9.17, 15) is 9.90 Å². The second kappa shape index (κ2) is 7.12. The fraction of sp³-hybridized carbons (Fsp3) is 0.381. The van der Waals surface area contributed by atoms with E-state index in [1.807, 2.05) is 37.4 Å². The van der Waals surface area contributed by atoms with Gasteiger partial charge in [-0.1, -0.05) is 25.1 Å². The van der Waals surface area contributed by atoms with Crippen LogP contribution in [0.4, 0.5) is 0 Å². The van der Waals surface area contributed by atoms with Crippen molar-refractivity contribution in [3.63, 3.8) is 0 Å². The maximum atomic E-state index is 12.8. The zero-order chi connectivity index (χ0) is 19.0. The van der Waals surface area contributed by atoms with Gasteiger partial charge < -0.3 is 14.8 Å². The molecule has 2 aromatic heterocycles. The molecule has 3 aromatic rings. The molecule has 6 heteroatoms. The minimum absolute atomic E-state index is 0.167. The van der Waals surface area contributed by atoms with Crippen molar-refractivity contribution in [1.29, 1.82) is 0 Å². The summed E-state index contributed by atoms with van der Waals surface area (Å²) in [4.78, 5) is 21.6. The van der Waals surface area contributed by atoms with Crippen molar-refractivity contribution in [1.82, 2.24) is 15.3 Å². The number of aromatic nitrogens is 2. The van der Waals surface area contributed by atoms with Crippen molar-refractivity contribution in [3.8, 4) is 0 Å². The maximum absolute atomic E-state index is 12.8. The first-order valence-corrected chi connectivity index (χ1v) is 9.35. The van der Waals surface area contributed by atoms with Crippen LogP contribution < -0.4 is 5.32 Å². The predicted octanol–water partition coefficient (Wildman–Crippen LogP) is 3.34. The van der Waals surface area contributed by atoms with Crippen LogP contribution in [-0.2, 0) is 6.42 Å². The number of aliphatic hydroxyl groups excluding tert-OH is 1. The first-order valence-electron chi connectivity index (χ1n) is 9.35. The molecule has 1 amide bonds. The third-order valence-corrected chi connectivity index (χ3v) is 5.23. The third-order valence-electron chi connectivity index (χ3n) is 5.23. The molecule has 1 saturated carbocycles. The number of carbonyl (C=O) groups excluding carboxylic acids is 1. The minimum Gasteiger partial charge on any atom is -0.435 e. The molecule has 140 valence electrons. The van der Waals surface area contributed by atoms with Gasteiger partial charge in [0.15, 0.2) is 5.89 Å². The highest BCUT2D eigenvalue weighted by Gasteiger charge is 2.36. The highest BCUT2D eigenvalue weighted by molar-refractivity contribution is 5.92. The van der Waals surface area contributed by atoms with Crippen molar-refractivity contribution in [3.05, 3.63) is 59.4 Å². The molecular weight excluding hydrogens is 342 g/mol. The molecule has 0 unspecified atom stereocenters. The molecule has 6 nitrogen and oxygen atoms in total. The number of aliphatic hydroxyl groups is 1. The van der Waals surface area contributed by atoms with Gasteiger partial charge in [-0.15, -0.1) is 0 Å². The van der Waals surface area contributed by atoms with E-state index in [4.69, 9.17) is 4.42 Å². The van der Waals surface area contributed by atoms with Crippen LogP contribution in [0.5, 0.6) is 0 Å². The van der Waals surface area contributed by atoms with Crippen molar-refractivity contribution in [2.24, 2.45) is 5.92 Å². The van der Waals surface area contributed by atoms with Gasteiger partial charge in [0.2, 0.25) is 5.76 Å². The number of nitrogens with one attached hydrogen (secondary N) is 1. The van der Waals surface area contributed by atoms with Crippen molar-refractivity contribution in [2.75, 3.05) is 0 Å². The molecule has 1 aromatic carbocycles. The lowest BCUT2D eigenvalue weighted by Gasteiger charge is -2.38. The highest BCUT2D eigenvalue weighted by atomic mass is 16.4. The monoisotopic (exact) mass is 365 g/mol. The molecule has 0 aliphatic heterocycles. The Morgan fingerprint density at radius 2 is 2.15 bits per heavy atom. The van der Waals surface area contributed by atoms with E-state index in [-0.39, 0.29) is 29.7 Å². The molecule has 4 rings (SSSR count). The minimum atomic E-state index is -0.304. The number of para-hydroxylation sites is 1. The normalized spacial score (nSPS) is 20.3. The lowest BCUT2D eigenvalue weighted by Crippen LogP contribution is -2.41. The lowest BCUT2D eigenvalue weighted by molar-refractivity contribution is 0.0232. The van der Waals surface area contributed by atoms with E-state index in [0.717, 1.165) is 16.5 Å². The Labute approximate surface area is 157 Å². The Balaban J connectivity index is 1.64. The molecule has 0 bridgehead atoms. The van der Waals surface area contributed by atoms with E-state index in [1.165, 1.54) is 0 Å². The molecule has 1 aliphatic rings. The Bertz CT molecular complexity index is 976. The fourth-order valence-electron chi connectivity index (χ4n) is 3.65. The summed E-state index contributed by atoms with van der Waals surface area (Å²) in [6, 6.07) is 9.72. The average Bonchev–Trinajstić information content (AvgIpc) is 3.04. The van der Waals surface area contributed by atoms with Gasteiger partial charge in [0, 0.05) is 18.0 Å². The molecular formula is C21H23N3O3. The number of rotatable bonds is 5. The first-order chi connectivity index (χ1) is 13.0. The zero-order valence-corrected chi connectivity index (χ0v) is 15.5. The quantitative estimate of drug-likeness (QED) is 0.724. The average molecular weight is 365 g/mol. The zero-order valence-electron chi connectivity index (χ0n) is 15.5. The number of hydrogen-bond acceptors (Lipinski definition) is 5. The first kappa shape index (κ1) is 17.7. The number of hydrogen-bond donors (Lipinski definition) is 2. The summed E-state index contributed by atoms with van der Waals surface area (Å²) < 4.78 is 5.60. The molecule has 1 fully saturated rings. The second-order valence-corrected chi connectivity index (χ2v) is 7.17. The van der Waals surface area contributed by atoms with Gasteiger partial charge in [0.25, 0.3) is 5.91 Å². The van der Waals surface area contributed by atoms with Crippen molar-refractivity contribution < 1.29 is 14.3 Å². The topological polar surface area (TPSA) is 88.2 Å². The standard InChI is InChI=1S/C21H23N3O3/c1-3-18-23-12(2)20(27-18)21(26)24-19(14-9-16(25)10-14)15-8-13-6-4-5-7-17(13)22-11-15/h4-8,11,14,16,19,25H,3,9-10H2,1-2H3,(H,24,26)/t14?,16?,19-/m1/s1. The molecule has 2 heterocycles. The predicted molar refractivity (Wildman–Crippen MR) is 101 cm³/mol. The van der Waals surface area contributed by atoms with Gasteiger partial charge in [-0.3, -0.25) is 9.78 Å². The molecule has 0 saturated heterocycles. The van der Waals surface area contributed by atoms with Gasteiger partial charge >= 0.3 is 0 Å². The van der Waals surface area contributed by atoms with Crippen LogP contribution in [-0.4, -0.2) is 27.1 Å². The van der Waals surface area contributed by atoms with Gasteiger partial charge in [-0.05, 0) is 43.4 Å². The number of fused-ring (bicyclic) bond motifs is 1. The van der Waals surface area contributed by atoms with Crippen molar-refractivity contribution in [2.45, 2.75) is 45.3 Å². The number of nitrogens with zero attached hydrogens (tertiary/aromatic N) is 2. The number of amides is 1. The number of benzene rings is 1. The number of oxazole rings is 1. The van der Waals surface area contributed by atoms with Crippen LogP contribution in [0.2, 0.25) is 0 Å². The van der Waals surface area contributed by atoms with E-state index >= 15 is 0 Å². The van der Waals surface area contributed by atoms with Gasteiger partial charge in [-0.25, -0.2) is 4.98 Å². The lowest BCUT2D eigenvalue weighted by atomic mass is 9.75. The maximum Gasteiger partial charge on any atom is 0.289 e. The molecule has 27 heavy (non-hydrogen) atoms. The van der Waals surface area contributed by atoms with Crippen LogP contribution >= 0.6 is 0 Å². The van der Waals surface area contributed by atoms with Crippen LogP contribution in [0.25, 0.3) is 10.9 Å². The summed E-state index contributed by atoms with van der Waals surface area (Å²) in [5, 5.41) is 13.9. The smallest absolute Gasteiger partial charge is 0.289 e. The Morgan fingerprint density at radius 3 is 2.85 bits per heavy atom. The van der Waals surface area contributed by atoms with Crippen molar-refractivity contribution >= 4 is 16.8 Å². The van der Waals surface area contributed by atoms with Crippen LogP contribution in [0, 0.1) is 12.8 Å². The Hall–Kier alpha value is -2.73. The van der Waals surface area contributed by atoms with E-state index in [1.54, 1.807) is 6.92 Å². The molecule has 0 spiro atoms. The summed E-state index contributed by atoms with van der Waals surface area (Å²) in [6.45, 7) is 3.71. The molecule has 1 atom stereocenters. The van der Waals surface area contributed by atoms with Crippen LogP contribution in [0.1, 0.15) is 53.5 Å². The number of pyridine rings is 1. The van der Waals surface area contributed by atoms with E-state index < -0.39 is 0 Å². The van der Waals surface area contributed by atoms with E-state index in [0.29, 0.717) is 30.8 Å². The summed E-state index contributed by atoms with van der Waals surface area (Å²) >= 11 is 0. The third kappa shape index (κ3) is 3.45. The SMILES string of the molecule is CCc1nc(C)c(C(=O)N[C@@H](c2cnc3ccccc3c2)C2CC(O)C2)o1. The molecule has 0 radical (unpaired) electrons. The van der Waals surface area contributed by atoms with Gasteiger partial charge in [0.1, 0.15) is 0 Å². The summed E-state index contributed by atoms with van der Waals surface area (Å²) in [7, 11) is 0. The number of carbonyl (C=O) groups is 1. The largest absolute Gasteiger partial charge is 0.435 e. The van der Waals surface area contributed by atoms with Crippen LogP contribution in [0.3, 0.4) is 0 Å². The van der Waals surface area contributed by atoms with Gasteiger partial charge in [0.05, 0.1) is 23.4 Å². The Morgan fingerprint density at radius 1 is 1.37 bits per heavy atom. The summed E-state index contributed by atoms with van der Waals surface area (Å²) in [6.07, 6.45) is 3.46.